The third-order valence-electron chi connectivity index (χ3n) is 3.08. The first kappa shape index (κ1) is 14.8. The molecule has 0 saturated heterocycles. The molecule has 0 aliphatic carbocycles. The van der Waals surface area contributed by atoms with Crippen LogP contribution in [0.3, 0.4) is 0 Å². The van der Waals surface area contributed by atoms with Crippen molar-refractivity contribution in [3.8, 4) is 0 Å². The molecule has 0 aliphatic heterocycles. The molecule has 0 saturated carbocycles. The van der Waals surface area contributed by atoms with Gasteiger partial charge in [0, 0.05) is 14.5 Å². The Labute approximate surface area is 130 Å². The van der Waals surface area contributed by atoms with Crippen molar-refractivity contribution >= 4 is 31.9 Å². The second-order valence-electron chi connectivity index (χ2n) is 4.60. The van der Waals surface area contributed by atoms with Crippen LogP contribution >= 0.6 is 31.9 Å². The van der Waals surface area contributed by atoms with Gasteiger partial charge < -0.3 is 9.73 Å². The third-order valence-corrected chi connectivity index (χ3v) is 4.62. The first-order valence-corrected chi connectivity index (χ1v) is 7.85. The van der Waals surface area contributed by atoms with E-state index in [-0.39, 0.29) is 6.04 Å². The topological polar surface area (TPSA) is 25.2 Å². The molecule has 0 radical (unpaired) electrons. The average molecular weight is 387 g/mol. The standard InChI is InChI=1S/C15H17Br2NO/c1-4-18-15(11-6-10(3)19-8-11)12-7-13(16)9(2)5-14(12)17/h5-8,15,18H,4H2,1-3H3. The van der Waals surface area contributed by atoms with E-state index in [9.17, 15) is 0 Å². The van der Waals surface area contributed by atoms with Gasteiger partial charge in [0.1, 0.15) is 5.76 Å². The van der Waals surface area contributed by atoms with E-state index in [1.54, 1.807) is 0 Å². The molecule has 19 heavy (non-hydrogen) atoms. The van der Waals surface area contributed by atoms with Crippen molar-refractivity contribution in [1.82, 2.24) is 5.32 Å². The molecule has 1 atom stereocenters. The zero-order chi connectivity index (χ0) is 14.0. The minimum Gasteiger partial charge on any atom is -0.469 e. The Balaban J connectivity index is 2.47. The number of furan rings is 1. The number of halogens is 2. The van der Waals surface area contributed by atoms with Gasteiger partial charge in [-0.05, 0) is 49.7 Å². The van der Waals surface area contributed by atoms with E-state index in [0.29, 0.717) is 0 Å². The zero-order valence-corrected chi connectivity index (χ0v) is 14.4. The summed E-state index contributed by atoms with van der Waals surface area (Å²) in [6.07, 6.45) is 1.82. The highest BCUT2D eigenvalue weighted by molar-refractivity contribution is 9.11. The number of rotatable bonds is 4. The normalized spacial score (nSPS) is 12.7. The van der Waals surface area contributed by atoms with Crippen LogP contribution in [0.4, 0.5) is 0 Å². The summed E-state index contributed by atoms with van der Waals surface area (Å²) in [6, 6.07) is 6.51. The van der Waals surface area contributed by atoms with E-state index in [4.69, 9.17) is 4.42 Å². The molecule has 0 fully saturated rings. The lowest BCUT2D eigenvalue weighted by Crippen LogP contribution is -2.22. The number of hydrogen-bond acceptors (Lipinski definition) is 2. The first-order valence-electron chi connectivity index (χ1n) is 6.27. The summed E-state index contributed by atoms with van der Waals surface area (Å²) in [5.74, 6) is 0.931. The zero-order valence-electron chi connectivity index (χ0n) is 11.3. The fourth-order valence-corrected chi connectivity index (χ4v) is 3.16. The largest absolute Gasteiger partial charge is 0.469 e. The molecule has 1 unspecified atom stereocenters. The van der Waals surface area contributed by atoms with Crippen LogP contribution in [0.2, 0.25) is 0 Å². The van der Waals surface area contributed by atoms with Crippen molar-refractivity contribution in [2.45, 2.75) is 26.8 Å². The number of aryl methyl sites for hydroxylation is 2. The van der Waals surface area contributed by atoms with E-state index in [2.05, 4.69) is 69.2 Å². The highest BCUT2D eigenvalue weighted by atomic mass is 79.9. The Morgan fingerprint density at radius 2 is 1.89 bits per heavy atom. The fourth-order valence-electron chi connectivity index (χ4n) is 2.11. The summed E-state index contributed by atoms with van der Waals surface area (Å²) in [4.78, 5) is 0. The summed E-state index contributed by atoms with van der Waals surface area (Å²) in [7, 11) is 0. The van der Waals surface area contributed by atoms with Gasteiger partial charge in [-0.3, -0.25) is 0 Å². The van der Waals surface area contributed by atoms with Crippen LogP contribution in [0.25, 0.3) is 0 Å². The summed E-state index contributed by atoms with van der Waals surface area (Å²) >= 11 is 7.27. The van der Waals surface area contributed by atoms with Crippen molar-refractivity contribution in [2.75, 3.05) is 6.54 Å². The van der Waals surface area contributed by atoms with Crippen LogP contribution in [0.15, 0.2) is 37.8 Å². The van der Waals surface area contributed by atoms with E-state index < -0.39 is 0 Å². The van der Waals surface area contributed by atoms with Crippen molar-refractivity contribution in [2.24, 2.45) is 0 Å². The molecule has 4 heteroatoms. The average Bonchev–Trinajstić information content (AvgIpc) is 2.78. The summed E-state index contributed by atoms with van der Waals surface area (Å²) in [5.41, 5.74) is 3.57. The van der Waals surface area contributed by atoms with Crippen LogP contribution in [0, 0.1) is 13.8 Å². The Hall–Kier alpha value is -0.580. The SMILES string of the molecule is CCNC(c1coc(C)c1)c1cc(Br)c(C)cc1Br. The smallest absolute Gasteiger partial charge is 0.101 e. The molecule has 0 spiro atoms. The molecule has 2 nitrogen and oxygen atoms in total. The minimum atomic E-state index is 0.133. The van der Waals surface area contributed by atoms with Crippen LogP contribution in [0.1, 0.15) is 35.4 Å². The van der Waals surface area contributed by atoms with Gasteiger partial charge in [0.2, 0.25) is 0 Å². The van der Waals surface area contributed by atoms with Gasteiger partial charge in [-0.15, -0.1) is 0 Å². The van der Waals surface area contributed by atoms with E-state index in [1.807, 2.05) is 13.2 Å². The van der Waals surface area contributed by atoms with Gasteiger partial charge >= 0.3 is 0 Å². The summed E-state index contributed by atoms with van der Waals surface area (Å²) in [5, 5.41) is 3.51. The van der Waals surface area contributed by atoms with Gasteiger partial charge in [0.05, 0.1) is 12.3 Å². The van der Waals surface area contributed by atoms with Crippen molar-refractivity contribution in [1.29, 1.82) is 0 Å². The van der Waals surface area contributed by atoms with Gasteiger partial charge in [-0.2, -0.15) is 0 Å². The maximum Gasteiger partial charge on any atom is 0.101 e. The highest BCUT2D eigenvalue weighted by Crippen LogP contribution is 2.33. The van der Waals surface area contributed by atoms with Crippen LogP contribution in [0.5, 0.6) is 0 Å². The molecule has 2 rings (SSSR count). The maximum absolute atomic E-state index is 5.44. The Morgan fingerprint density at radius 3 is 2.47 bits per heavy atom. The molecule has 0 amide bonds. The summed E-state index contributed by atoms with van der Waals surface area (Å²) in [6.45, 7) is 7.05. The van der Waals surface area contributed by atoms with Crippen molar-refractivity contribution < 1.29 is 4.42 Å². The van der Waals surface area contributed by atoms with Crippen LogP contribution < -0.4 is 5.32 Å². The Morgan fingerprint density at radius 1 is 1.16 bits per heavy atom. The molecule has 1 N–H and O–H groups in total. The third kappa shape index (κ3) is 3.30. The van der Waals surface area contributed by atoms with Crippen LogP contribution in [-0.4, -0.2) is 6.54 Å². The highest BCUT2D eigenvalue weighted by Gasteiger charge is 2.18. The molecule has 1 heterocycles. The van der Waals surface area contributed by atoms with Crippen LogP contribution in [-0.2, 0) is 0 Å². The van der Waals surface area contributed by atoms with E-state index >= 15 is 0 Å². The van der Waals surface area contributed by atoms with Gasteiger partial charge in [0.15, 0.2) is 0 Å². The molecule has 0 bridgehead atoms. The molecular formula is C15H17Br2NO. The lowest BCUT2D eigenvalue weighted by atomic mass is 10.00. The first-order chi connectivity index (χ1) is 9.02. The van der Waals surface area contributed by atoms with Crippen molar-refractivity contribution in [3.63, 3.8) is 0 Å². The van der Waals surface area contributed by atoms with E-state index in [0.717, 1.165) is 26.8 Å². The maximum atomic E-state index is 5.44. The van der Waals surface area contributed by atoms with Gasteiger partial charge in [0.25, 0.3) is 0 Å². The number of benzene rings is 1. The lowest BCUT2D eigenvalue weighted by Gasteiger charge is -2.19. The number of hydrogen-bond donors (Lipinski definition) is 1. The molecule has 2 aromatic rings. The summed E-state index contributed by atoms with van der Waals surface area (Å²) < 4.78 is 7.67. The van der Waals surface area contributed by atoms with Gasteiger partial charge in [-0.25, -0.2) is 0 Å². The monoisotopic (exact) mass is 385 g/mol. The molecular weight excluding hydrogens is 370 g/mol. The lowest BCUT2D eigenvalue weighted by molar-refractivity contribution is 0.525. The number of nitrogens with one attached hydrogen (secondary N) is 1. The quantitative estimate of drug-likeness (QED) is 0.788. The molecule has 1 aromatic carbocycles. The minimum absolute atomic E-state index is 0.133. The Kier molecular flexibility index (Phi) is 4.87. The second kappa shape index (κ2) is 6.25. The fraction of sp³-hybridized carbons (Fsp3) is 0.333. The predicted octanol–water partition coefficient (Wildman–Crippen LogP) is 5.12. The Bertz CT molecular complexity index is 578. The van der Waals surface area contributed by atoms with Gasteiger partial charge in [-0.1, -0.05) is 38.8 Å². The van der Waals surface area contributed by atoms with Crippen molar-refractivity contribution in [3.05, 3.63) is 55.9 Å². The second-order valence-corrected chi connectivity index (χ2v) is 6.31. The molecule has 1 aromatic heterocycles. The molecule has 0 aliphatic rings. The predicted molar refractivity (Wildman–Crippen MR) is 85.5 cm³/mol. The molecule has 102 valence electrons. The van der Waals surface area contributed by atoms with E-state index in [1.165, 1.54) is 11.1 Å².